The van der Waals surface area contributed by atoms with E-state index in [2.05, 4.69) is 41.0 Å². The quantitative estimate of drug-likeness (QED) is 0.889. The predicted octanol–water partition coefficient (Wildman–Crippen LogP) is 2.99. The van der Waals surface area contributed by atoms with E-state index in [1.54, 1.807) is 0 Å². The predicted molar refractivity (Wildman–Crippen MR) is 76.2 cm³/mol. The number of nitrogens with zero attached hydrogens (tertiary/aromatic N) is 3. The fraction of sp³-hybridized carbons (Fsp3) is 0.714. The number of aromatic nitrogens is 2. The fourth-order valence-electron chi connectivity index (χ4n) is 2.67. The van der Waals surface area contributed by atoms with E-state index in [1.807, 2.05) is 6.20 Å². The SMILES string of the molecule is CCNc1ncc(C)c(N2CCCCC2CC)n1. The smallest absolute Gasteiger partial charge is 0.224 e. The lowest BCUT2D eigenvalue weighted by atomic mass is 9.99. The van der Waals surface area contributed by atoms with Gasteiger partial charge in [-0.15, -0.1) is 0 Å². The Morgan fingerprint density at radius 1 is 1.39 bits per heavy atom. The molecule has 0 saturated carbocycles. The third-order valence-electron chi connectivity index (χ3n) is 3.65. The summed E-state index contributed by atoms with van der Waals surface area (Å²) in [7, 11) is 0. The van der Waals surface area contributed by atoms with Crippen LogP contribution >= 0.6 is 0 Å². The van der Waals surface area contributed by atoms with Crippen molar-refractivity contribution >= 4 is 11.8 Å². The van der Waals surface area contributed by atoms with Gasteiger partial charge < -0.3 is 10.2 Å². The molecule has 2 rings (SSSR count). The summed E-state index contributed by atoms with van der Waals surface area (Å²) >= 11 is 0. The Hall–Kier alpha value is -1.32. The molecule has 1 aromatic rings. The first-order valence-electron chi connectivity index (χ1n) is 7.10. The van der Waals surface area contributed by atoms with Crippen molar-refractivity contribution in [1.82, 2.24) is 9.97 Å². The molecule has 2 heterocycles. The molecule has 4 nitrogen and oxygen atoms in total. The zero-order chi connectivity index (χ0) is 13.0. The van der Waals surface area contributed by atoms with Crippen molar-refractivity contribution in [2.24, 2.45) is 0 Å². The van der Waals surface area contributed by atoms with Crippen LogP contribution < -0.4 is 10.2 Å². The van der Waals surface area contributed by atoms with Crippen LogP contribution in [0, 0.1) is 6.92 Å². The highest BCUT2D eigenvalue weighted by Crippen LogP contribution is 2.27. The van der Waals surface area contributed by atoms with Crippen LogP contribution in [0.5, 0.6) is 0 Å². The van der Waals surface area contributed by atoms with E-state index in [0.29, 0.717) is 6.04 Å². The average molecular weight is 248 g/mol. The van der Waals surface area contributed by atoms with Gasteiger partial charge in [0.1, 0.15) is 5.82 Å². The Morgan fingerprint density at radius 2 is 2.22 bits per heavy atom. The normalized spacial score (nSPS) is 19.9. The zero-order valence-electron chi connectivity index (χ0n) is 11.7. The molecule has 1 unspecified atom stereocenters. The Balaban J connectivity index is 2.26. The molecular weight excluding hydrogens is 224 g/mol. The average Bonchev–Trinajstić information content (AvgIpc) is 2.41. The van der Waals surface area contributed by atoms with Crippen molar-refractivity contribution in [2.45, 2.75) is 52.5 Å². The Bertz CT molecular complexity index is 391. The summed E-state index contributed by atoms with van der Waals surface area (Å²) in [6.45, 7) is 8.43. The lowest BCUT2D eigenvalue weighted by Crippen LogP contribution is -2.40. The number of rotatable bonds is 4. The minimum atomic E-state index is 0.641. The summed E-state index contributed by atoms with van der Waals surface area (Å²) in [5.41, 5.74) is 1.18. The summed E-state index contributed by atoms with van der Waals surface area (Å²) in [6, 6.07) is 0.641. The van der Waals surface area contributed by atoms with Crippen molar-refractivity contribution in [3.63, 3.8) is 0 Å². The molecule has 1 aliphatic rings. The first-order chi connectivity index (χ1) is 8.76. The van der Waals surface area contributed by atoms with Gasteiger partial charge in [-0.2, -0.15) is 4.98 Å². The van der Waals surface area contributed by atoms with Crippen molar-refractivity contribution < 1.29 is 0 Å². The number of nitrogens with one attached hydrogen (secondary N) is 1. The van der Waals surface area contributed by atoms with E-state index >= 15 is 0 Å². The van der Waals surface area contributed by atoms with Crippen molar-refractivity contribution in [2.75, 3.05) is 23.3 Å². The van der Waals surface area contributed by atoms with E-state index in [9.17, 15) is 0 Å². The van der Waals surface area contributed by atoms with Gasteiger partial charge in [0.05, 0.1) is 0 Å². The van der Waals surface area contributed by atoms with Gasteiger partial charge in [0, 0.05) is 30.9 Å². The monoisotopic (exact) mass is 248 g/mol. The maximum atomic E-state index is 4.69. The van der Waals surface area contributed by atoms with Crippen molar-refractivity contribution in [3.05, 3.63) is 11.8 Å². The summed E-state index contributed by atoms with van der Waals surface area (Å²) in [6.07, 6.45) is 7.04. The molecule has 1 aromatic heterocycles. The highest BCUT2D eigenvalue weighted by molar-refractivity contribution is 5.50. The van der Waals surface area contributed by atoms with Gasteiger partial charge in [-0.25, -0.2) is 4.98 Å². The van der Waals surface area contributed by atoms with E-state index in [4.69, 9.17) is 0 Å². The van der Waals surface area contributed by atoms with Crippen LogP contribution in [0.25, 0.3) is 0 Å². The lowest BCUT2D eigenvalue weighted by molar-refractivity contribution is 0.446. The highest BCUT2D eigenvalue weighted by Gasteiger charge is 2.23. The molecule has 0 aliphatic carbocycles. The largest absolute Gasteiger partial charge is 0.354 e. The van der Waals surface area contributed by atoms with Crippen molar-refractivity contribution in [1.29, 1.82) is 0 Å². The zero-order valence-corrected chi connectivity index (χ0v) is 11.7. The number of aryl methyl sites for hydroxylation is 1. The van der Waals surface area contributed by atoms with Crippen LogP contribution in [0.3, 0.4) is 0 Å². The number of hydrogen-bond donors (Lipinski definition) is 1. The summed E-state index contributed by atoms with van der Waals surface area (Å²) < 4.78 is 0. The van der Waals surface area contributed by atoms with Gasteiger partial charge in [0.25, 0.3) is 0 Å². The molecule has 0 amide bonds. The third-order valence-corrected chi connectivity index (χ3v) is 3.65. The summed E-state index contributed by atoms with van der Waals surface area (Å²) in [5.74, 6) is 1.87. The van der Waals surface area contributed by atoms with Crippen LogP contribution in [0.15, 0.2) is 6.20 Å². The van der Waals surface area contributed by atoms with Gasteiger partial charge >= 0.3 is 0 Å². The molecule has 0 spiro atoms. The van der Waals surface area contributed by atoms with Crippen LogP contribution in [-0.2, 0) is 0 Å². The van der Waals surface area contributed by atoms with E-state index in [-0.39, 0.29) is 0 Å². The van der Waals surface area contributed by atoms with Gasteiger partial charge in [-0.3, -0.25) is 0 Å². The molecule has 4 heteroatoms. The molecule has 18 heavy (non-hydrogen) atoms. The maximum Gasteiger partial charge on any atom is 0.224 e. The fourth-order valence-corrected chi connectivity index (χ4v) is 2.67. The molecule has 0 bridgehead atoms. The third kappa shape index (κ3) is 2.74. The molecule has 0 radical (unpaired) electrons. The minimum absolute atomic E-state index is 0.641. The lowest BCUT2D eigenvalue weighted by Gasteiger charge is -2.37. The van der Waals surface area contributed by atoms with E-state index in [1.165, 1.54) is 31.2 Å². The summed E-state index contributed by atoms with van der Waals surface area (Å²) in [5, 5.41) is 3.20. The first-order valence-corrected chi connectivity index (χ1v) is 7.10. The van der Waals surface area contributed by atoms with Crippen molar-refractivity contribution in [3.8, 4) is 0 Å². The highest BCUT2D eigenvalue weighted by atomic mass is 15.2. The molecular formula is C14H24N4. The van der Waals surface area contributed by atoms with Gasteiger partial charge in [0.15, 0.2) is 0 Å². The molecule has 1 atom stereocenters. The number of hydrogen-bond acceptors (Lipinski definition) is 4. The second kappa shape index (κ2) is 6.03. The molecule has 1 saturated heterocycles. The first kappa shape index (κ1) is 13.1. The summed E-state index contributed by atoms with van der Waals surface area (Å²) in [4.78, 5) is 11.5. The van der Waals surface area contributed by atoms with Gasteiger partial charge in [-0.1, -0.05) is 6.92 Å². The van der Waals surface area contributed by atoms with Crippen LogP contribution in [0.1, 0.15) is 45.1 Å². The van der Waals surface area contributed by atoms with E-state index < -0.39 is 0 Å². The van der Waals surface area contributed by atoms with Crippen LogP contribution in [0.4, 0.5) is 11.8 Å². The topological polar surface area (TPSA) is 41.1 Å². The second-order valence-corrected chi connectivity index (χ2v) is 4.98. The molecule has 1 N–H and O–H groups in total. The Kier molecular flexibility index (Phi) is 4.39. The molecule has 1 aliphatic heterocycles. The molecule has 100 valence electrons. The van der Waals surface area contributed by atoms with Crippen LogP contribution in [-0.4, -0.2) is 29.1 Å². The van der Waals surface area contributed by atoms with E-state index in [0.717, 1.165) is 24.9 Å². The Labute approximate surface area is 110 Å². The molecule has 0 aromatic carbocycles. The second-order valence-electron chi connectivity index (χ2n) is 4.98. The minimum Gasteiger partial charge on any atom is -0.354 e. The number of piperidine rings is 1. The number of anilines is 2. The van der Waals surface area contributed by atoms with Gasteiger partial charge in [-0.05, 0) is 39.5 Å². The molecule has 1 fully saturated rings. The standard InChI is InChI=1S/C14H24N4/c1-4-12-8-6-7-9-18(12)13-11(3)10-16-14(17-13)15-5-2/h10,12H,4-9H2,1-3H3,(H,15,16,17). The maximum absolute atomic E-state index is 4.69. The Morgan fingerprint density at radius 3 is 2.94 bits per heavy atom. The van der Waals surface area contributed by atoms with Crippen LogP contribution in [0.2, 0.25) is 0 Å². The van der Waals surface area contributed by atoms with Gasteiger partial charge in [0.2, 0.25) is 5.95 Å².